The summed E-state index contributed by atoms with van der Waals surface area (Å²) in [5.41, 5.74) is 0.128. The van der Waals surface area contributed by atoms with Crippen LogP contribution < -0.4 is 0 Å². The monoisotopic (exact) mass is 282 g/mol. The Hall–Kier alpha value is -0.160. The number of hydrogen-bond donors (Lipinski definition) is 2. The molecule has 0 fully saturated rings. The van der Waals surface area contributed by atoms with E-state index in [-0.39, 0.29) is 23.6 Å². The Labute approximate surface area is 94.5 Å². The van der Waals surface area contributed by atoms with Crippen LogP contribution in [0.25, 0.3) is 0 Å². The molecule has 0 spiro atoms. The Balaban J connectivity index is 3.07. The van der Waals surface area contributed by atoms with E-state index in [9.17, 15) is 9.50 Å². The van der Waals surface area contributed by atoms with Gasteiger partial charge >= 0.3 is 0 Å². The van der Waals surface area contributed by atoms with E-state index in [1.807, 2.05) is 0 Å². The lowest BCUT2D eigenvalue weighted by atomic mass is 10.1. The number of halogens is 3. The molecule has 0 heterocycles. The second-order valence-electron chi connectivity index (χ2n) is 2.81. The molecule has 78 valence electrons. The fraction of sp³-hybridized carbons (Fsp3) is 0.333. The van der Waals surface area contributed by atoms with Crippen LogP contribution in [0.5, 0.6) is 0 Å². The van der Waals surface area contributed by atoms with Crippen molar-refractivity contribution in [1.29, 1.82) is 0 Å². The number of aliphatic hydroxyl groups is 2. The fourth-order valence-corrected chi connectivity index (χ4v) is 2.18. The SMILES string of the molecule is OCCC(O)c1c(F)cc(Cl)cc1Br. The van der Waals surface area contributed by atoms with E-state index in [0.717, 1.165) is 6.07 Å². The van der Waals surface area contributed by atoms with E-state index in [4.69, 9.17) is 16.7 Å². The van der Waals surface area contributed by atoms with Gasteiger partial charge in [-0.05, 0) is 12.1 Å². The van der Waals surface area contributed by atoms with Crippen molar-refractivity contribution in [2.75, 3.05) is 6.61 Å². The molecule has 0 aromatic heterocycles. The largest absolute Gasteiger partial charge is 0.396 e. The van der Waals surface area contributed by atoms with Crippen molar-refractivity contribution in [2.45, 2.75) is 12.5 Å². The summed E-state index contributed by atoms with van der Waals surface area (Å²) >= 11 is 8.71. The smallest absolute Gasteiger partial charge is 0.131 e. The van der Waals surface area contributed by atoms with Crippen molar-refractivity contribution in [3.05, 3.63) is 33.0 Å². The minimum atomic E-state index is -1.02. The lowest BCUT2D eigenvalue weighted by Gasteiger charge is -2.12. The molecular formula is C9H9BrClFO2. The van der Waals surface area contributed by atoms with Gasteiger partial charge in [-0.1, -0.05) is 27.5 Å². The van der Waals surface area contributed by atoms with Gasteiger partial charge in [-0.15, -0.1) is 0 Å². The molecular weight excluding hydrogens is 274 g/mol. The maximum absolute atomic E-state index is 13.3. The summed E-state index contributed by atoms with van der Waals surface area (Å²) in [5, 5.41) is 18.4. The Morgan fingerprint density at radius 1 is 1.50 bits per heavy atom. The van der Waals surface area contributed by atoms with Crippen molar-refractivity contribution in [3.63, 3.8) is 0 Å². The van der Waals surface area contributed by atoms with Gasteiger partial charge in [0.15, 0.2) is 0 Å². The standard InChI is InChI=1S/C9H9BrClFO2/c10-6-3-5(11)4-7(12)9(6)8(14)1-2-13/h3-4,8,13-14H,1-2H2. The molecule has 1 unspecified atom stereocenters. The molecule has 1 atom stereocenters. The third-order valence-corrected chi connectivity index (χ3v) is 2.65. The molecule has 1 aromatic rings. The minimum Gasteiger partial charge on any atom is -0.396 e. The van der Waals surface area contributed by atoms with E-state index >= 15 is 0 Å². The van der Waals surface area contributed by atoms with Gasteiger partial charge in [0, 0.05) is 28.1 Å². The van der Waals surface area contributed by atoms with E-state index < -0.39 is 11.9 Å². The first kappa shape index (κ1) is 11.9. The van der Waals surface area contributed by atoms with Gasteiger partial charge in [-0.2, -0.15) is 0 Å². The Bertz CT molecular complexity index is 310. The lowest BCUT2D eigenvalue weighted by Crippen LogP contribution is -2.04. The van der Waals surface area contributed by atoms with Crippen LogP contribution in [0.15, 0.2) is 16.6 Å². The summed E-state index contributed by atoms with van der Waals surface area (Å²) in [4.78, 5) is 0. The summed E-state index contributed by atoms with van der Waals surface area (Å²) in [6.07, 6.45) is -0.927. The molecule has 14 heavy (non-hydrogen) atoms. The third-order valence-electron chi connectivity index (χ3n) is 1.78. The molecule has 2 N–H and O–H groups in total. The highest BCUT2D eigenvalue weighted by Crippen LogP contribution is 2.30. The molecule has 0 radical (unpaired) electrons. The number of aliphatic hydroxyl groups excluding tert-OH is 2. The molecule has 0 aliphatic heterocycles. The van der Waals surface area contributed by atoms with Crippen molar-refractivity contribution in [1.82, 2.24) is 0 Å². The van der Waals surface area contributed by atoms with Crippen LogP contribution in [-0.2, 0) is 0 Å². The summed E-state index contributed by atoms with van der Waals surface area (Å²) in [7, 11) is 0. The van der Waals surface area contributed by atoms with Crippen molar-refractivity contribution >= 4 is 27.5 Å². The third kappa shape index (κ3) is 2.67. The zero-order valence-corrected chi connectivity index (χ0v) is 9.52. The van der Waals surface area contributed by atoms with Gasteiger partial charge in [-0.3, -0.25) is 0 Å². The van der Waals surface area contributed by atoms with Crippen molar-refractivity contribution < 1.29 is 14.6 Å². The molecule has 0 aliphatic rings. The molecule has 0 bridgehead atoms. The van der Waals surface area contributed by atoms with Gasteiger partial charge in [0.2, 0.25) is 0 Å². The normalized spacial score (nSPS) is 12.9. The van der Waals surface area contributed by atoms with Crippen LogP contribution in [0.3, 0.4) is 0 Å². The van der Waals surface area contributed by atoms with Gasteiger partial charge < -0.3 is 10.2 Å². The highest BCUT2D eigenvalue weighted by Gasteiger charge is 2.16. The quantitative estimate of drug-likeness (QED) is 0.895. The van der Waals surface area contributed by atoms with Crippen LogP contribution in [0.1, 0.15) is 18.1 Å². The highest BCUT2D eigenvalue weighted by molar-refractivity contribution is 9.10. The number of rotatable bonds is 3. The first-order valence-corrected chi connectivity index (χ1v) is 5.16. The fourth-order valence-electron chi connectivity index (χ4n) is 1.14. The van der Waals surface area contributed by atoms with E-state index in [1.54, 1.807) is 0 Å². The summed E-state index contributed by atoms with van der Waals surface area (Å²) in [5.74, 6) is -0.578. The van der Waals surface area contributed by atoms with Gasteiger partial charge in [-0.25, -0.2) is 4.39 Å². The predicted molar refractivity (Wildman–Crippen MR) is 55.8 cm³/mol. The molecule has 1 rings (SSSR count). The van der Waals surface area contributed by atoms with Gasteiger partial charge in [0.05, 0.1) is 6.10 Å². The molecule has 5 heteroatoms. The number of hydrogen-bond acceptors (Lipinski definition) is 2. The first-order chi connectivity index (χ1) is 6.56. The summed E-state index contributed by atoms with van der Waals surface area (Å²) < 4.78 is 13.7. The zero-order valence-electron chi connectivity index (χ0n) is 7.17. The van der Waals surface area contributed by atoms with Crippen LogP contribution in [0, 0.1) is 5.82 Å². The molecule has 0 saturated carbocycles. The second kappa shape index (κ2) is 5.07. The maximum atomic E-state index is 13.3. The van der Waals surface area contributed by atoms with E-state index in [2.05, 4.69) is 15.9 Å². The van der Waals surface area contributed by atoms with Crippen molar-refractivity contribution in [3.8, 4) is 0 Å². The Morgan fingerprint density at radius 2 is 2.14 bits per heavy atom. The average molecular weight is 284 g/mol. The first-order valence-electron chi connectivity index (χ1n) is 3.99. The highest BCUT2D eigenvalue weighted by atomic mass is 79.9. The van der Waals surface area contributed by atoms with Gasteiger partial charge in [0.25, 0.3) is 0 Å². The maximum Gasteiger partial charge on any atom is 0.131 e. The minimum absolute atomic E-state index is 0.0944. The average Bonchev–Trinajstić information content (AvgIpc) is 2.01. The van der Waals surface area contributed by atoms with Gasteiger partial charge in [0.1, 0.15) is 5.82 Å². The predicted octanol–water partition coefficient (Wildman–Crippen LogP) is 2.66. The summed E-state index contributed by atoms with van der Waals surface area (Å²) in [6, 6.07) is 2.63. The Morgan fingerprint density at radius 3 is 2.64 bits per heavy atom. The van der Waals surface area contributed by atoms with Crippen LogP contribution in [0.4, 0.5) is 4.39 Å². The Kier molecular flexibility index (Phi) is 4.31. The van der Waals surface area contributed by atoms with Crippen LogP contribution in [0.2, 0.25) is 5.02 Å². The van der Waals surface area contributed by atoms with Crippen molar-refractivity contribution in [2.24, 2.45) is 0 Å². The zero-order chi connectivity index (χ0) is 10.7. The molecule has 2 nitrogen and oxygen atoms in total. The summed E-state index contributed by atoms with van der Waals surface area (Å²) in [6.45, 7) is -0.199. The molecule has 0 amide bonds. The van der Waals surface area contributed by atoms with Crippen LogP contribution >= 0.6 is 27.5 Å². The lowest BCUT2D eigenvalue weighted by molar-refractivity contribution is 0.130. The topological polar surface area (TPSA) is 40.5 Å². The van der Waals surface area contributed by atoms with E-state index in [0.29, 0.717) is 4.47 Å². The molecule has 0 saturated heterocycles. The van der Waals surface area contributed by atoms with Crippen LogP contribution in [-0.4, -0.2) is 16.8 Å². The molecule has 0 aliphatic carbocycles. The van der Waals surface area contributed by atoms with E-state index in [1.165, 1.54) is 6.07 Å². The number of benzene rings is 1. The molecule has 1 aromatic carbocycles. The second-order valence-corrected chi connectivity index (χ2v) is 4.10.